The number of hydrogen-bond donors (Lipinski definition) is 22. The molecular weight excluding hydrogens is 1510 g/mol. The van der Waals surface area contributed by atoms with Gasteiger partial charge in [-0.1, -0.05) is 35.4 Å². The van der Waals surface area contributed by atoms with Crippen LogP contribution in [0.4, 0.5) is 0 Å². The molecule has 30 saturated heterocycles. The number of hydrogen-bond acceptors (Lipinski definition) is 44. The van der Waals surface area contributed by atoms with Gasteiger partial charge in [0, 0.05) is 0 Å². The molecule has 616 valence electrons. The highest BCUT2D eigenvalue weighted by Crippen LogP contribution is 2.41. The molecule has 30 fully saturated rings. The van der Waals surface area contributed by atoms with Crippen LogP contribution in [-0.2, 0) is 104 Å². The third-order valence-electron chi connectivity index (χ3n) is 19.9. The summed E-state index contributed by atoms with van der Waals surface area (Å²) in [6.07, 6.45) is -87.6. The van der Waals surface area contributed by atoms with E-state index in [9.17, 15) is 129 Å². The Bertz CT molecular complexity index is 3180. The van der Waals surface area contributed by atoms with Crippen molar-refractivity contribution in [3.05, 3.63) is 59.7 Å². The fourth-order valence-corrected chi connectivity index (χ4v) is 15.6. The number of ether oxygens (including phenoxy) is 16. The summed E-state index contributed by atoms with van der Waals surface area (Å²) < 4.78 is 158. The molecule has 0 spiro atoms. The zero-order valence-electron chi connectivity index (χ0n) is 57.0. The average Bonchev–Trinajstić information content (AvgIpc) is 0.773. The van der Waals surface area contributed by atoms with E-state index < -0.39 is 329 Å². The molecule has 44 nitrogen and oxygen atoms in total. The zero-order valence-corrected chi connectivity index (χ0v) is 58.6. The first-order valence-corrected chi connectivity index (χ1v) is 36.9. The van der Waals surface area contributed by atoms with Gasteiger partial charge >= 0.3 is 0 Å². The van der Waals surface area contributed by atoms with Crippen LogP contribution < -0.4 is 0 Å². The molecule has 16 bridgehead atoms. The third-order valence-corrected chi connectivity index (χ3v) is 22.5. The standard InChI is InChI=1S/C62H92O44S2/c1-19-3-7-21(8-4-19)107(85,86)89-17-29-53-37(75)45(83)61(97-29)103-51-27(15-67)93-57(41(79)33(51)71)99-47-23(11-63)92-56(40(78)32(47)70)102-50-26(14-66)96-60(44(82)36(50)74)106-54-30(18-90-108(87,88)22-9-5-20(2)6-10-22)98-62(46(84)38(54)76)104-52-28(16-68)94-58(42(80)34(52)72)100-48-24(12-64)91-55(39(77)31(48)69)101-49-25(13-65)95-59(105-53)43(81)35(49)73/h3-10,23-84H,11-18H2,1-2H3/t23-,24-,25-,26+,27-,28+,29-,30+,31+,32+,33-,34-,35+,36+,37-,38+,39+,40-,41-,42-,43-,44+,45+,46+,47-,48-,49-,50-,51-,52-,53-,54-,55-,56-,57-,58-,59-,60-,61-,62-/m1/s1. The van der Waals surface area contributed by atoms with Gasteiger partial charge in [-0.2, -0.15) is 16.8 Å². The van der Waals surface area contributed by atoms with Crippen molar-refractivity contribution in [2.45, 2.75) is 269 Å². The SMILES string of the molecule is Cc1ccc(S(=O)(=O)OC[C@@H]2O[C@@H]3O[C@H]4[C@H](O)[C@@H](O)[C@@H](O[C@H]5[C@@H](O)[C@H](O)[C@@H](O[C@H]6[C@@H](O)[C@@H](O)[C@@H](O[C@H]7[C@H](O)[C@H](O)[C@@H](O[C@H]8[C@H](O)[C@@H](O)[C@@H](O[C@H]9[C@@H](O)[C@@H](O)[C@@H](O[C@H]%10[C@@H](O)[C@H](O)[C@@H](O[C@H]2[C@@H](O)[C@@H]3O)O[C@H]%10CO)O[C@@H]9CO)O[C@@H]8CO)O[C@@H]7COS(=O)(=O)c2ccc(C)cc2)O[C@@H]6CO)O[C@@H]5CO)O[C@H]4CO)cc1. The highest BCUT2D eigenvalue weighted by atomic mass is 32.2. The van der Waals surface area contributed by atoms with E-state index >= 15 is 0 Å². The van der Waals surface area contributed by atoms with Crippen molar-refractivity contribution in [3.8, 4) is 0 Å². The minimum absolute atomic E-state index is 0.409. The molecule has 0 aromatic heterocycles. The van der Waals surface area contributed by atoms with Gasteiger partial charge in [0.1, 0.15) is 195 Å². The number of benzene rings is 2. The Morgan fingerprint density at radius 2 is 0.389 bits per heavy atom. The second kappa shape index (κ2) is 35.9. The summed E-state index contributed by atoms with van der Waals surface area (Å²) in [7, 11) is -9.56. The summed E-state index contributed by atoms with van der Waals surface area (Å²) in [5.74, 6) is 0. The highest BCUT2D eigenvalue weighted by Gasteiger charge is 2.61. The van der Waals surface area contributed by atoms with Crippen LogP contribution in [0.15, 0.2) is 58.3 Å². The molecule has 22 N–H and O–H groups in total. The highest BCUT2D eigenvalue weighted by molar-refractivity contribution is 7.87. The minimum Gasteiger partial charge on any atom is -0.394 e. The van der Waals surface area contributed by atoms with E-state index in [1.807, 2.05) is 0 Å². The molecule has 0 saturated carbocycles. The monoisotopic (exact) mass is 1600 g/mol. The molecule has 0 amide bonds. The smallest absolute Gasteiger partial charge is 0.297 e. The molecule has 2 aromatic carbocycles. The maximum absolute atomic E-state index is 13.6. The molecular formula is C62H92O44S2. The van der Waals surface area contributed by atoms with Crippen molar-refractivity contribution in [1.82, 2.24) is 0 Å². The number of aliphatic hydroxyl groups is 22. The first kappa shape index (κ1) is 85.6. The van der Waals surface area contributed by atoms with Gasteiger partial charge in [-0.25, -0.2) is 0 Å². The Hall–Kier alpha value is -3.26. The van der Waals surface area contributed by atoms with Gasteiger partial charge in [-0.15, -0.1) is 0 Å². The molecule has 0 radical (unpaired) electrons. The molecule has 30 heterocycles. The Labute approximate surface area is 613 Å². The van der Waals surface area contributed by atoms with Gasteiger partial charge in [0.25, 0.3) is 20.2 Å². The number of aliphatic hydroxyl groups excluding tert-OH is 22. The van der Waals surface area contributed by atoms with Gasteiger partial charge in [-0.05, 0) is 38.1 Å². The van der Waals surface area contributed by atoms with Gasteiger partial charge in [-0.3, -0.25) is 8.37 Å². The van der Waals surface area contributed by atoms with Crippen LogP contribution in [0.25, 0.3) is 0 Å². The van der Waals surface area contributed by atoms with E-state index in [4.69, 9.17) is 84.2 Å². The van der Waals surface area contributed by atoms with E-state index in [0.717, 1.165) is 0 Å². The summed E-state index contributed by atoms with van der Waals surface area (Å²) in [6, 6.07) is 10.4. The van der Waals surface area contributed by atoms with Crippen molar-refractivity contribution in [2.75, 3.05) is 52.9 Å². The van der Waals surface area contributed by atoms with Gasteiger partial charge in [0.2, 0.25) is 0 Å². The second-order valence-corrected chi connectivity index (χ2v) is 30.4. The van der Waals surface area contributed by atoms with E-state index in [0.29, 0.717) is 11.1 Å². The van der Waals surface area contributed by atoms with Crippen molar-refractivity contribution in [3.63, 3.8) is 0 Å². The summed E-state index contributed by atoms with van der Waals surface area (Å²) >= 11 is 0. The van der Waals surface area contributed by atoms with Gasteiger partial charge in [0.15, 0.2) is 50.3 Å². The lowest BCUT2D eigenvalue weighted by molar-refractivity contribution is -0.403. The van der Waals surface area contributed by atoms with Gasteiger partial charge < -0.3 is 188 Å². The molecule has 2 aromatic rings. The largest absolute Gasteiger partial charge is 0.394 e. The molecule has 40 atom stereocenters. The second-order valence-electron chi connectivity index (χ2n) is 27.2. The normalized spacial score (nSPS) is 47.6. The fourth-order valence-electron chi connectivity index (χ4n) is 13.7. The summed E-state index contributed by atoms with van der Waals surface area (Å²) in [5, 5.41) is 251. The summed E-state index contributed by atoms with van der Waals surface area (Å²) in [4.78, 5) is -0.817. The van der Waals surface area contributed by atoms with Crippen molar-refractivity contribution in [1.29, 1.82) is 0 Å². The topological polar surface area (TPSA) is 679 Å². The van der Waals surface area contributed by atoms with E-state index in [2.05, 4.69) is 0 Å². The maximum Gasteiger partial charge on any atom is 0.297 e. The predicted molar refractivity (Wildman–Crippen MR) is 336 cm³/mol. The van der Waals surface area contributed by atoms with E-state index in [-0.39, 0.29) is 0 Å². The van der Waals surface area contributed by atoms with E-state index in [1.54, 1.807) is 13.8 Å². The molecule has 30 aliphatic rings. The molecule has 108 heavy (non-hydrogen) atoms. The first-order valence-electron chi connectivity index (χ1n) is 34.1. The lowest BCUT2D eigenvalue weighted by Crippen LogP contribution is -2.69. The van der Waals surface area contributed by atoms with Crippen LogP contribution in [0.3, 0.4) is 0 Å². The first-order chi connectivity index (χ1) is 51.2. The Balaban J connectivity index is 0.893. The lowest BCUT2D eigenvalue weighted by Gasteiger charge is -2.50. The van der Waals surface area contributed by atoms with Crippen molar-refractivity contribution >= 4 is 20.2 Å². The van der Waals surface area contributed by atoms with Crippen LogP contribution in [0.5, 0.6) is 0 Å². The fraction of sp³-hybridized carbons (Fsp3) is 0.806. The quantitative estimate of drug-likeness (QED) is 0.0781. The molecule has 0 aliphatic carbocycles. The summed E-state index contributed by atoms with van der Waals surface area (Å²) in [6.45, 7) is -6.06. The van der Waals surface area contributed by atoms with Crippen LogP contribution in [0.1, 0.15) is 11.1 Å². The Morgan fingerprint density at radius 1 is 0.241 bits per heavy atom. The molecule has 0 unspecified atom stereocenters. The van der Waals surface area contributed by atoms with Crippen LogP contribution in [0, 0.1) is 13.8 Å². The number of aryl methyl sites for hydroxylation is 2. The zero-order chi connectivity index (χ0) is 78.4. The van der Waals surface area contributed by atoms with E-state index in [1.165, 1.54) is 48.5 Å². The predicted octanol–water partition coefficient (Wildman–Crippen LogP) is -14.0. The van der Waals surface area contributed by atoms with Crippen molar-refractivity contribution < 1.29 is 213 Å². The Morgan fingerprint density at radius 3 is 0.546 bits per heavy atom. The minimum atomic E-state index is -4.78. The molecule has 30 aliphatic heterocycles. The van der Waals surface area contributed by atoms with Crippen LogP contribution in [0.2, 0.25) is 0 Å². The molecule has 32 rings (SSSR count). The van der Waals surface area contributed by atoms with Crippen LogP contribution >= 0.6 is 0 Å². The average molecular weight is 1610 g/mol. The van der Waals surface area contributed by atoms with Crippen LogP contribution in [-0.4, -0.2) is 428 Å². The number of rotatable bonds is 14. The third kappa shape index (κ3) is 17.8. The molecule has 46 heteroatoms. The van der Waals surface area contributed by atoms with Crippen molar-refractivity contribution in [2.24, 2.45) is 0 Å². The lowest BCUT2D eigenvalue weighted by atomic mass is 9.94. The maximum atomic E-state index is 13.6. The Kier molecular flexibility index (Phi) is 28.4. The van der Waals surface area contributed by atoms with Gasteiger partial charge in [0.05, 0.1) is 62.6 Å². The summed E-state index contributed by atoms with van der Waals surface area (Å²) in [5.41, 5.74) is 1.26.